The molecule has 0 saturated heterocycles. The van der Waals surface area contributed by atoms with E-state index in [0.717, 1.165) is 12.8 Å². The number of benzene rings is 1. The molecule has 1 N–H and O–H groups in total. The summed E-state index contributed by atoms with van der Waals surface area (Å²) in [6.45, 7) is 1.81. The third-order valence-electron chi connectivity index (χ3n) is 4.13. The fourth-order valence-electron chi connectivity index (χ4n) is 2.91. The minimum Gasteiger partial charge on any atom is -0.466 e. The summed E-state index contributed by atoms with van der Waals surface area (Å²) < 4.78 is 19.2. The minimum absolute atomic E-state index is 0.201. The highest BCUT2D eigenvalue weighted by molar-refractivity contribution is 7.80. The molecule has 1 saturated carbocycles. The van der Waals surface area contributed by atoms with Crippen molar-refractivity contribution in [2.24, 2.45) is 0 Å². The molecule has 1 aromatic carbocycles. The molecule has 1 aliphatic heterocycles. The molecule has 3 rings (SSSR count). The van der Waals surface area contributed by atoms with Crippen LogP contribution in [0.5, 0.6) is 0 Å². The van der Waals surface area contributed by atoms with Crippen LogP contribution in [-0.2, 0) is 9.53 Å². The van der Waals surface area contributed by atoms with Crippen LogP contribution in [0.25, 0.3) is 0 Å². The Hall–Kier alpha value is -1.66. The van der Waals surface area contributed by atoms with Gasteiger partial charge < -0.3 is 15.0 Å². The van der Waals surface area contributed by atoms with Gasteiger partial charge in [-0.05, 0) is 44.1 Å². The second-order valence-electron chi connectivity index (χ2n) is 5.61. The highest BCUT2D eigenvalue weighted by Crippen LogP contribution is 2.40. The molecule has 2 aliphatic rings. The molecule has 1 heterocycles. The molecule has 1 fully saturated rings. The van der Waals surface area contributed by atoms with Crippen molar-refractivity contribution in [2.75, 3.05) is 7.11 Å². The Labute approximate surface area is 144 Å². The van der Waals surface area contributed by atoms with Gasteiger partial charge in [0.1, 0.15) is 5.82 Å². The maximum absolute atomic E-state index is 14.3. The summed E-state index contributed by atoms with van der Waals surface area (Å²) in [6, 6.07) is 3.93. The summed E-state index contributed by atoms with van der Waals surface area (Å²) in [5, 5.41) is 3.77. The van der Waals surface area contributed by atoms with Gasteiger partial charge in [-0.3, -0.25) is 0 Å². The van der Waals surface area contributed by atoms with Crippen molar-refractivity contribution in [3.05, 3.63) is 45.9 Å². The molecule has 23 heavy (non-hydrogen) atoms. The Morgan fingerprint density at radius 2 is 2.17 bits per heavy atom. The van der Waals surface area contributed by atoms with Gasteiger partial charge in [0.15, 0.2) is 5.11 Å². The number of esters is 1. The predicted molar refractivity (Wildman–Crippen MR) is 89.5 cm³/mol. The summed E-state index contributed by atoms with van der Waals surface area (Å²) in [5.74, 6) is -1.01. The van der Waals surface area contributed by atoms with Crippen LogP contribution >= 0.6 is 23.8 Å². The molecule has 4 nitrogen and oxygen atoms in total. The Morgan fingerprint density at radius 1 is 1.48 bits per heavy atom. The number of carbonyl (C=O) groups is 1. The number of halogens is 2. The van der Waals surface area contributed by atoms with E-state index in [1.54, 1.807) is 13.0 Å². The van der Waals surface area contributed by atoms with Crippen molar-refractivity contribution in [1.29, 1.82) is 0 Å². The number of nitrogens with zero attached hydrogens (tertiary/aromatic N) is 1. The van der Waals surface area contributed by atoms with Gasteiger partial charge in [0.05, 0.1) is 18.7 Å². The molecule has 1 aliphatic carbocycles. The molecule has 122 valence electrons. The number of rotatable bonds is 3. The van der Waals surface area contributed by atoms with Crippen LogP contribution in [0.1, 0.15) is 31.4 Å². The maximum Gasteiger partial charge on any atom is 0.337 e. The Bertz CT molecular complexity index is 698. The zero-order valence-corrected chi connectivity index (χ0v) is 14.3. The minimum atomic E-state index is -0.765. The standard InChI is InChI=1S/C16H16ClFN2O2S/c1-8-12(15(21)22-2)14(13-10(17)4-3-5-11(13)18)19-16(23)20(8)9-6-7-9/h3-5,9,14H,6-7H2,1-2H3,(H,19,23)/t14-/m1/s1. The molecule has 0 spiro atoms. The van der Waals surface area contributed by atoms with Crippen molar-refractivity contribution >= 4 is 34.9 Å². The van der Waals surface area contributed by atoms with Gasteiger partial charge in [0, 0.05) is 22.3 Å². The first-order valence-electron chi connectivity index (χ1n) is 7.28. The van der Waals surface area contributed by atoms with Crippen LogP contribution in [0.4, 0.5) is 4.39 Å². The number of allylic oxidation sites excluding steroid dienone is 1. The number of carbonyl (C=O) groups excluding carboxylic acids is 1. The lowest BCUT2D eigenvalue weighted by Crippen LogP contribution is -2.48. The number of nitrogens with one attached hydrogen (secondary N) is 1. The van der Waals surface area contributed by atoms with Gasteiger partial charge in [0.25, 0.3) is 0 Å². The van der Waals surface area contributed by atoms with E-state index in [1.165, 1.54) is 19.2 Å². The number of ether oxygens (including phenoxy) is 1. The molecular weight excluding hydrogens is 339 g/mol. The average molecular weight is 355 g/mol. The number of thiocarbonyl (C=S) groups is 1. The zero-order valence-electron chi connectivity index (χ0n) is 12.7. The molecule has 1 atom stereocenters. The quantitative estimate of drug-likeness (QED) is 0.666. The van der Waals surface area contributed by atoms with Crippen LogP contribution in [0.15, 0.2) is 29.5 Å². The van der Waals surface area contributed by atoms with E-state index < -0.39 is 17.8 Å². The van der Waals surface area contributed by atoms with Crippen LogP contribution in [-0.4, -0.2) is 29.1 Å². The molecule has 1 aromatic rings. The second-order valence-corrected chi connectivity index (χ2v) is 6.40. The van der Waals surface area contributed by atoms with Gasteiger partial charge in [-0.25, -0.2) is 9.18 Å². The van der Waals surface area contributed by atoms with Crippen LogP contribution < -0.4 is 5.32 Å². The van der Waals surface area contributed by atoms with Gasteiger partial charge >= 0.3 is 5.97 Å². The van der Waals surface area contributed by atoms with Gasteiger partial charge in [-0.15, -0.1) is 0 Å². The largest absolute Gasteiger partial charge is 0.466 e. The third-order valence-corrected chi connectivity index (χ3v) is 4.78. The maximum atomic E-state index is 14.3. The lowest BCUT2D eigenvalue weighted by molar-refractivity contribution is -0.136. The van der Waals surface area contributed by atoms with E-state index in [-0.39, 0.29) is 16.6 Å². The smallest absolute Gasteiger partial charge is 0.337 e. The van der Waals surface area contributed by atoms with Gasteiger partial charge in [0.2, 0.25) is 0 Å². The SMILES string of the molecule is COC(=O)C1=C(C)N(C2CC2)C(=S)N[C@H]1c1c(F)cccc1Cl. The highest BCUT2D eigenvalue weighted by atomic mass is 35.5. The van der Waals surface area contributed by atoms with E-state index in [4.69, 9.17) is 28.6 Å². The Morgan fingerprint density at radius 3 is 2.74 bits per heavy atom. The first-order chi connectivity index (χ1) is 11.0. The number of hydrogen-bond acceptors (Lipinski definition) is 3. The first-order valence-corrected chi connectivity index (χ1v) is 8.07. The van der Waals surface area contributed by atoms with Gasteiger partial charge in [-0.1, -0.05) is 17.7 Å². The van der Waals surface area contributed by atoms with Crippen LogP contribution in [0, 0.1) is 5.82 Å². The molecule has 0 bridgehead atoms. The molecule has 0 unspecified atom stereocenters. The van der Waals surface area contributed by atoms with Crippen molar-refractivity contribution in [1.82, 2.24) is 10.2 Å². The summed E-state index contributed by atoms with van der Waals surface area (Å²) in [5.41, 5.74) is 1.22. The molecular formula is C16H16ClFN2O2S. The molecule has 7 heteroatoms. The highest BCUT2D eigenvalue weighted by Gasteiger charge is 2.41. The molecule has 0 amide bonds. The van der Waals surface area contributed by atoms with E-state index in [0.29, 0.717) is 16.4 Å². The Kier molecular flexibility index (Phi) is 4.29. The molecule has 0 aromatic heterocycles. The van der Waals surface area contributed by atoms with Crippen LogP contribution in [0.2, 0.25) is 5.02 Å². The second kappa shape index (κ2) is 6.09. The monoisotopic (exact) mass is 354 g/mol. The number of hydrogen-bond donors (Lipinski definition) is 1. The van der Waals surface area contributed by atoms with Crippen molar-refractivity contribution < 1.29 is 13.9 Å². The summed E-state index contributed by atoms with van der Waals surface area (Å²) >= 11 is 11.6. The fraction of sp³-hybridized carbons (Fsp3) is 0.375. The molecule has 0 radical (unpaired) electrons. The summed E-state index contributed by atoms with van der Waals surface area (Å²) in [4.78, 5) is 14.2. The average Bonchev–Trinajstić information content (AvgIpc) is 3.31. The van der Waals surface area contributed by atoms with Gasteiger partial charge in [-0.2, -0.15) is 0 Å². The lowest BCUT2D eigenvalue weighted by Gasteiger charge is -2.37. The third kappa shape index (κ3) is 2.81. The summed E-state index contributed by atoms with van der Waals surface area (Å²) in [6.07, 6.45) is 2.03. The fourth-order valence-corrected chi connectivity index (χ4v) is 3.58. The van der Waals surface area contributed by atoms with Crippen LogP contribution in [0.3, 0.4) is 0 Å². The first kappa shape index (κ1) is 16.2. The van der Waals surface area contributed by atoms with Crippen molar-refractivity contribution in [3.8, 4) is 0 Å². The summed E-state index contributed by atoms with van der Waals surface area (Å²) in [7, 11) is 1.30. The Balaban J connectivity index is 2.15. The van der Waals surface area contributed by atoms with E-state index >= 15 is 0 Å². The zero-order chi connectivity index (χ0) is 16.7. The normalized spacial score (nSPS) is 21.3. The van der Waals surface area contributed by atoms with Crippen molar-refractivity contribution in [3.63, 3.8) is 0 Å². The topological polar surface area (TPSA) is 41.6 Å². The van der Waals surface area contributed by atoms with E-state index in [1.807, 2.05) is 4.90 Å². The van der Waals surface area contributed by atoms with Crippen molar-refractivity contribution in [2.45, 2.75) is 31.8 Å². The predicted octanol–water partition coefficient (Wildman–Crippen LogP) is 3.32. The van der Waals surface area contributed by atoms with E-state index in [9.17, 15) is 9.18 Å². The number of methoxy groups -OCH3 is 1. The lowest BCUT2D eigenvalue weighted by atomic mass is 9.94. The van der Waals surface area contributed by atoms with E-state index in [2.05, 4.69) is 5.32 Å².